The molecule has 0 saturated carbocycles. The summed E-state index contributed by atoms with van der Waals surface area (Å²) in [6.07, 6.45) is 9.96. The van der Waals surface area contributed by atoms with Crippen LogP contribution in [0.2, 0.25) is 0 Å². The molecule has 0 unspecified atom stereocenters. The molecule has 0 amide bonds. The van der Waals surface area contributed by atoms with E-state index in [0.29, 0.717) is 11.4 Å². The second-order valence-electron chi connectivity index (χ2n) is 6.14. The van der Waals surface area contributed by atoms with Gasteiger partial charge in [0.1, 0.15) is 17.5 Å². The summed E-state index contributed by atoms with van der Waals surface area (Å²) >= 11 is 0. The summed E-state index contributed by atoms with van der Waals surface area (Å²) in [6.45, 7) is 2.91. The van der Waals surface area contributed by atoms with E-state index in [9.17, 15) is 5.26 Å². The predicted octanol–water partition coefficient (Wildman–Crippen LogP) is 3.02. The third kappa shape index (κ3) is 2.38. The topological polar surface area (TPSA) is 71.8 Å². The first kappa shape index (κ1) is 14.6. The van der Waals surface area contributed by atoms with E-state index in [1.165, 1.54) is 6.42 Å². The Hall–Kier alpha value is -2.94. The Kier molecular flexibility index (Phi) is 3.62. The minimum atomic E-state index is 0.527. The van der Waals surface area contributed by atoms with Crippen LogP contribution in [0.15, 0.2) is 24.5 Å². The summed E-state index contributed by atoms with van der Waals surface area (Å²) in [7, 11) is 0. The van der Waals surface area contributed by atoms with Gasteiger partial charge in [-0.25, -0.2) is 4.98 Å². The van der Waals surface area contributed by atoms with Crippen molar-refractivity contribution in [3.05, 3.63) is 47.4 Å². The molecule has 0 saturated heterocycles. The zero-order valence-corrected chi connectivity index (χ0v) is 13.6. The van der Waals surface area contributed by atoms with E-state index in [-0.39, 0.29) is 0 Å². The van der Waals surface area contributed by atoms with Crippen molar-refractivity contribution in [3.63, 3.8) is 0 Å². The largest absolute Gasteiger partial charge is 0.310 e. The van der Waals surface area contributed by atoms with Gasteiger partial charge in [0.15, 0.2) is 5.82 Å². The van der Waals surface area contributed by atoms with E-state index in [1.807, 2.05) is 35.7 Å². The summed E-state index contributed by atoms with van der Waals surface area (Å²) in [4.78, 5) is 4.46. The maximum atomic E-state index is 9.67. The molecule has 0 radical (unpaired) electrons. The van der Waals surface area contributed by atoms with E-state index in [4.69, 9.17) is 0 Å². The summed E-state index contributed by atoms with van der Waals surface area (Å²) in [5.41, 5.74) is 3.41. The van der Waals surface area contributed by atoms with Gasteiger partial charge in [0.25, 0.3) is 0 Å². The number of imidazole rings is 1. The van der Waals surface area contributed by atoms with Crippen molar-refractivity contribution >= 4 is 17.3 Å². The standard InChI is InChI=1S/C18H18N6/c1-13-6-5-9-23-15(12-20-17(13)23)10-14(11-19)18-22-21-16-7-3-2-4-8-24(16)18/h5-6,9-10,12H,2-4,7-8H2,1H3/b14-10-. The van der Waals surface area contributed by atoms with Gasteiger partial charge in [-0.2, -0.15) is 5.26 Å². The van der Waals surface area contributed by atoms with E-state index in [2.05, 4.69) is 25.8 Å². The van der Waals surface area contributed by atoms with Gasteiger partial charge < -0.3 is 8.97 Å². The van der Waals surface area contributed by atoms with Crippen LogP contribution >= 0.6 is 0 Å². The van der Waals surface area contributed by atoms with Crippen LogP contribution in [0.3, 0.4) is 0 Å². The first-order valence-electron chi connectivity index (χ1n) is 8.25. The van der Waals surface area contributed by atoms with Crippen LogP contribution in [0.5, 0.6) is 0 Å². The third-order valence-corrected chi connectivity index (χ3v) is 4.52. The zero-order valence-electron chi connectivity index (χ0n) is 13.6. The van der Waals surface area contributed by atoms with E-state index in [1.54, 1.807) is 6.20 Å². The highest BCUT2D eigenvalue weighted by atomic mass is 15.3. The average Bonchev–Trinajstić information content (AvgIpc) is 3.11. The quantitative estimate of drug-likeness (QED) is 0.681. The molecule has 3 aromatic heterocycles. The number of rotatable bonds is 2. The third-order valence-electron chi connectivity index (χ3n) is 4.52. The fourth-order valence-corrected chi connectivity index (χ4v) is 3.26. The molecule has 0 fully saturated rings. The number of nitrogens with zero attached hydrogens (tertiary/aromatic N) is 6. The number of aromatic nitrogens is 5. The van der Waals surface area contributed by atoms with E-state index in [0.717, 1.165) is 48.5 Å². The highest BCUT2D eigenvalue weighted by Gasteiger charge is 2.18. The first-order chi connectivity index (χ1) is 11.8. The monoisotopic (exact) mass is 318 g/mol. The molecule has 1 aliphatic rings. The van der Waals surface area contributed by atoms with Crippen molar-refractivity contribution in [2.75, 3.05) is 0 Å². The molecule has 6 heteroatoms. The van der Waals surface area contributed by atoms with Gasteiger partial charge >= 0.3 is 0 Å². The fourth-order valence-electron chi connectivity index (χ4n) is 3.26. The Bertz CT molecular complexity index is 969. The lowest BCUT2D eigenvalue weighted by atomic mass is 10.2. The van der Waals surface area contributed by atoms with Gasteiger partial charge in [-0.15, -0.1) is 10.2 Å². The second-order valence-corrected chi connectivity index (χ2v) is 6.14. The van der Waals surface area contributed by atoms with Gasteiger partial charge in [-0.3, -0.25) is 0 Å². The van der Waals surface area contributed by atoms with Crippen LogP contribution in [0.4, 0.5) is 0 Å². The van der Waals surface area contributed by atoms with Crippen LogP contribution in [0, 0.1) is 18.3 Å². The molecule has 0 N–H and O–H groups in total. The van der Waals surface area contributed by atoms with Crippen molar-refractivity contribution in [2.24, 2.45) is 0 Å². The Morgan fingerprint density at radius 2 is 2.21 bits per heavy atom. The molecule has 6 nitrogen and oxygen atoms in total. The van der Waals surface area contributed by atoms with Crippen LogP contribution in [0.25, 0.3) is 17.3 Å². The summed E-state index contributed by atoms with van der Waals surface area (Å²) in [6, 6.07) is 6.30. The van der Waals surface area contributed by atoms with Gasteiger partial charge in [0.2, 0.25) is 0 Å². The minimum absolute atomic E-state index is 0.527. The summed E-state index contributed by atoms with van der Waals surface area (Å²) < 4.78 is 4.09. The average molecular weight is 318 g/mol. The van der Waals surface area contributed by atoms with Crippen molar-refractivity contribution in [1.82, 2.24) is 24.1 Å². The molecule has 4 rings (SSSR count). The molecule has 3 aromatic rings. The normalized spacial score (nSPS) is 15.1. The van der Waals surface area contributed by atoms with Crippen LogP contribution in [0.1, 0.15) is 42.2 Å². The Labute approximate surface area is 140 Å². The highest BCUT2D eigenvalue weighted by Crippen LogP contribution is 2.22. The number of hydrogen-bond acceptors (Lipinski definition) is 4. The number of hydrogen-bond donors (Lipinski definition) is 0. The Morgan fingerprint density at radius 1 is 1.29 bits per heavy atom. The van der Waals surface area contributed by atoms with Crippen LogP contribution in [-0.2, 0) is 13.0 Å². The molecular formula is C18H18N6. The van der Waals surface area contributed by atoms with E-state index < -0.39 is 0 Å². The Morgan fingerprint density at radius 3 is 3.08 bits per heavy atom. The first-order valence-corrected chi connectivity index (χ1v) is 8.25. The molecule has 0 aromatic carbocycles. The van der Waals surface area contributed by atoms with E-state index >= 15 is 0 Å². The molecule has 0 bridgehead atoms. The number of nitriles is 1. The molecular weight excluding hydrogens is 300 g/mol. The molecule has 4 heterocycles. The lowest BCUT2D eigenvalue weighted by molar-refractivity contribution is 0.627. The van der Waals surface area contributed by atoms with Crippen LogP contribution < -0.4 is 0 Å². The van der Waals surface area contributed by atoms with Crippen molar-refractivity contribution in [1.29, 1.82) is 5.26 Å². The summed E-state index contributed by atoms with van der Waals surface area (Å²) in [5, 5.41) is 18.2. The lowest BCUT2D eigenvalue weighted by Gasteiger charge is -2.06. The maximum Gasteiger partial charge on any atom is 0.174 e. The SMILES string of the molecule is Cc1cccn2c(/C=C(/C#N)c3nnc4n3CCCCC4)cnc12. The predicted molar refractivity (Wildman–Crippen MR) is 91.0 cm³/mol. The smallest absolute Gasteiger partial charge is 0.174 e. The lowest BCUT2D eigenvalue weighted by Crippen LogP contribution is -2.05. The van der Waals surface area contributed by atoms with Gasteiger partial charge in [-0.1, -0.05) is 12.5 Å². The molecule has 0 aliphatic carbocycles. The Balaban J connectivity index is 1.81. The van der Waals surface area contributed by atoms with Gasteiger partial charge in [0, 0.05) is 19.2 Å². The second kappa shape index (κ2) is 5.93. The fraction of sp³-hybridized carbons (Fsp3) is 0.333. The molecule has 0 spiro atoms. The van der Waals surface area contributed by atoms with Crippen molar-refractivity contribution < 1.29 is 0 Å². The number of pyridine rings is 1. The summed E-state index contributed by atoms with van der Waals surface area (Å²) in [5.74, 6) is 1.65. The van der Waals surface area contributed by atoms with Gasteiger partial charge in [0.05, 0.1) is 17.5 Å². The molecule has 1 aliphatic heterocycles. The highest BCUT2D eigenvalue weighted by molar-refractivity contribution is 5.87. The number of allylic oxidation sites excluding steroid dienone is 1. The maximum absolute atomic E-state index is 9.67. The zero-order chi connectivity index (χ0) is 16.5. The molecule has 120 valence electrons. The molecule has 24 heavy (non-hydrogen) atoms. The van der Waals surface area contributed by atoms with Crippen molar-refractivity contribution in [3.8, 4) is 6.07 Å². The minimum Gasteiger partial charge on any atom is -0.310 e. The van der Waals surface area contributed by atoms with Crippen LogP contribution in [-0.4, -0.2) is 24.1 Å². The number of fused-ring (bicyclic) bond motifs is 2. The number of aryl methyl sites for hydroxylation is 2. The van der Waals surface area contributed by atoms with Gasteiger partial charge in [-0.05, 0) is 37.5 Å². The molecule has 0 atom stereocenters. The van der Waals surface area contributed by atoms with Crippen molar-refractivity contribution in [2.45, 2.75) is 39.2 Å².